The smallest absolute Gasteiger partial charge is 0.306 e. The average molecular weight is 341 g/mol. The van der Waals surface area contributed by atoms with Crippen molar-refractivity contribution in [2.24, 2.45) is 0 Å². The molecule has 0 saturated carbocycles. The van der Waals surface area contributed by atoms with E-state index in [1.54, 1.807) is 12.1 Å². The van der Waals surface area contributed by atoms with Crippen LogP contribution in [0.2, 0.25) is 5.02 Å². The molecule has 0 bridgehead atoms. The highest BCUT2D eigenvalue weighted by Crippen LogP contribution is 2.32. The van der Waals surface area contributed by atoms with Crippen molar-refractivity contribution in [3.63, 3.8) is 0 Å². The van der Waals surface area contributed by atoms with E-state index in [0.717, 1.165) is 6.07 Å². The molecule has 0 radical (unpaired) electrons. The van der Waals surface area contributed by atoms with E-state index in [-0.39, 0.29) is 21.2 Å². The maximum Gasteiger partial charge on any atom is 0.336 e. The third kappa shape index (κ3) is 2.32. The molecule has 0 spiro atoms. The van der Waals surface area contributed by atoms with E-state index in [0.29, 0.717) is 4.31 Å². The van der Waals surface area contributed by atoms with Crippen LogP contribution in [0.3, 0.4) is 0 Å². The standard InChI is InChI=1S/C14H10ClFN2O3S/c15-10-4-3-5-11(16)9(10)8-18-14(19)17-12-6-1-2-7-13(12)22(18,20)21/h1-7H,8H2,(H,17,19). The van der Waals surface area contributed by atoms with Crippen molar-refractivity contribution in [2.45, 2.75) is 11.4 Å². The number of hydrogen-bond donors (Lipinski definition) is 1. The molecule has 2 aromatic carbocycles. The summed E-state index contributed by atoms with van der Waals surface area (Å²) in [7, 11) is -4.07. The number of rotatable bonds is 2. The van der Waals surface area contributed by atoms with Crippen LogP contribution in [0.25, 0.3) is 0 Å². The van der Waals surface area contributed by atoms with E-state index in [4.69, 9.17) is 11.6 Å². The number of sulfonamides is 1. The van der Waals surface area contributed by atoms with Gasteiger partial charge in [0.25, 0.3) is 10.0 Å². The number of halogens is 2. The minimum Gasteiger partial charge on any atom is -0.306 e. The van der Waals surface area contributed by atoms with Crippen molar-refractivity contribution in [3.8, 4) is 0 Å². The van der Waals surface area contributed by atoms with Gasteiger partial charge in [0.15, 0.2) is 0 Å². The summed E-state index contributed by atoms with van der Waals surface area (Å²) in [5.74, 6) is -0.672. The van der Waals surface area contributed by atoms with E-state index in [1.165, 1.54) is 24.3 Å². The molecule has 5 nitrogen and oxygen atoms in total. The fraction of sp³-hybridized carbons (Fsp3) is 0.0714. The van der Waals surface area contributed by atoms with Gasteiger partial charge in [-0.1, -0.05) is 29.8 Å². The van der Waals surface area contributed by atoms with Crippen LogP contribution in [0.5, 0.6) is 0 Å². The highest BCUT2D eigenvalue weighted by atomic mass is 35.5. The van der Waals surface area contributed by atoms with Gasteiger partial charge in [0, 0.05) is 10.6 Å². The van der Waals surface area contributed by atoms with Crippen LogP contribution in [0.1, 0.15) is 5.56 Å². The highest BCUT2D eigenvalue weighted by Gasteiger charge is 2.37. The molecule has 1 N–H and O–H groups in total. The van der Waals surface area contributed by atoms with Gasteiger partial charge in [0.05, 0.1) is 12.2 Å². The Morgan fingerprint density at radius 2 is 1.86 bits per heavy atom. The number of benzene rings is 2. The number of nitrogens with zero attached hydrogens (tertiary/aromatic N) is 1. The van der Waals surface area contributed by atoms with Gasteiger partial charge in [-0.05, 0) is 24.3 Å². The first-order valence-electron chi connectivity index (χ1n) is 6.27. The quantitative estimate of drug-likeness (QED) is 0.912. The molecular formula is C14H10ClFN2O3S. The normalized spacial score (nSPS) is 16.1. The Morgan fingerprint density at radius 3 is 2.59 bits per heavy atom. The van der Waals surface area contributed by atoms with Crippen LogP contribution >= 0.6 is 11.6 Å². The zero-order valence-electron chi connectivity index (χ0n) is 11.1. The molecule has 0 unspecified atom stereocenters. The maximum absolute atomic E-state index is 13.8. The first-order valence-corrected chi connectivity index (χ1v) is 8.08. The zero-order chi connectivity index (χ0) is 15.9. The van der Waals surface area contributed by atoms with Crippen LogP contribution in [-0.4, -0.2) is 18.8 Å². The van der Waals surface area contributed by atoms with Crippen LogP contribution in [0.4, 0.5) is 14.9 Å². The maximum atomic E-state index is 13.8. The van der Waals surface area contributed by atoms with E-state index < -0.39 is 28.4 Å². The molecule has 1 aliphatic rings. The lowest BCUT2D eigenvalue weighted by molar-refractivity contribution is 0.233. The Balaban J connectivity index is 2.07. The van der Waals surface area contributed by atoms with Crippen molar-refractivity contribution >= 4 is 33.3 Å². The molecule has 22 heavy (non-hydrogen) atoms. The fourth-order valence-electron chi connectivity index (χ4n) is 2.18. The molecule has 3 rings (SSSR count). The van der Waals surface area contributed by atoms with E-state index in [2.05, 4.69) is 5.32 Å². The molecule has 2 aromatic rings. The molecule has 0 atom stereocenters. The number of amides is 2. The molecule has 0 fully saturated rings. The van der Waals surface area contributed by atoms with Crippen molar-refractivity contribution in [2.75, 3.05) is 5.32 Å². The third-order valence-corrected chi connectivity index (χ3v) is 5.43. The lowest BCUT2D eigenvalue weighted by Crippen LogP contribution is -2.43. The number of carbonyl (C=O) groups excluding carboxylic acids is 1. The number of hydrogen-bond acceptors (Lipinski definition) is 3. The Hall–Kier alpha value is -2.12. The van der Waals surface area contributed by atoms with Crippen molar-refractivity contribution in [1.29, 1.82) is 0 Å². The Bertz CT molecular complexity index is 850. The second kappa shape index (κ2) is 5.26. The highest BCUT2D eigenvalue weighted by molar-refractivity contribution is 7.90. The average Bonchev–Trinajstić information content (AvgIpc) is 2.46. The summed E-state index contributed by atoms with van der Waals surface area (Å²) in [4.78, 5) is 12.0. The van der Waals surface area contributed by atoms with Gasteiger partial charge in [0.2, 0.25) is 0 Å². The topological polar surface area (TPSA) is 66.5 Å². The monoisotopic (exact) mass is 340 g/mol. The minimum absolute atomic E-state index is 0.0398. The molecular weight excluding hydrogens is 331 g/mol. The summed E-state index contributed by atoms with van der Waals surface area (Å²) >= 11 is 5.90. The molecule has 0 saturated heterocycles. The summed E-state index contributed by atoms with van der Waals surface area (Å²) in [6.45, 7) is -0.478. The van der Waals surface area contributed by atoms with Crippen LogP contribution < -0.4 is 5.32 Å². The van der Waals surface area contributed by atoms with E-state index >= 15 is 0 Å². The number of anilines is 1. The number of carbonyl (C=O) groups is 1. The molecule has 114 valence electrons. The number of fused-ring (bicyclic) bond motifs is 1. The fourth-order valence-corrected chi connectivity index (χ4v) is 3.85. The SMILES string of the molecule is O=C1Nc2ccccc2S(=O)(=O)N1Cc1c(F)cccc1Cl. The minimum atomic E-state index is -4.07. The first-order chi connectivity index (χ1) is 10.4. The van der Waals surface area contributed by atoms with Gasteiger partial charge in [-0.25, -0.2) is 21.9 Å². The summed E-state index contributed by atoms with van der Waals surface area (Å²) in [6.07, 6.45) is 0. The van der Waals surface area contributed by atoms with Crippen molar-refractivity contribution in [3.05, 3.63) is 58.9 Å². The van der Waals surface area contributed by atoms with E-state index in [1.807, 2.05) is 0 Å². The van der Waals surface area contributed by atoms with E-state index in [9.17, 15) is 17.6 Å². The predicted octanol–water partition coefficient (Wildman–Crippen LogP) is 3.22. The Kier molecular flexibility index (Phi) is 3.54. The lowest BCUT2D eigenvalue weighted by Gasteiger charge is -2.29. The predicted molar refractivity (Wildman–Crippen MR) is 79.6 cm³/mol. The van der Waals surface area contributed by atoms with Crippen molar-refractivity contribution in [1.82, 2.24) is 4.31 Å². The van der Waals surface area contributed by atoms with Gasteiger partial charge in [-0.15, -0.1) is 0 Å². The second-order valence-electron chi connectivity index (χ2n) is 4.64. The zero-order valence-corrected chi connectivity index (χ0v) is 12.7. The summed E-state index contributed by atoms with van der Waals surface area (Å²) in [5, 5.41) is 2.52. The lowest BCUT2D eigenvalue weighted by atomic mass is 10.2. The first kappa shape index (κ1) is 14.8. The molecule has 1 aliphatic heterocycles. The number of urea groups is 1. The van der Waals surface area contributed by atoms with Crippen LogP contribution in [-0.2, 0) is 16.6 Å². The molecule has 2 amide bonds. The Morgan fingerprint density at radius 1 is 1.14 bits per heavy atom. The van der Waals surface area contributed by atoms with Crippen LogP contribution in [0.15, 0.2) is 47.4 Å². The Labute approximate surface area is 131 Å². The molecule has 0 aliphatic carbocycles. The summed E-state index contributed by atoms with van der Waals surface area (Å²) in [6, 6.07) is 9.16. The molecule has 8 heteroatoms. The van der Waals surface area contributed by atoms with Gasteiger partial charge < -0.3 is 5.32 Å². The number of nitrogens with one attached hydrogen (secondary N) is 1. The van der Waals surface area contributed by atoms with Gasteiger partial charge in [-0.3, -0.25) is 0 Å². The molecule has 0 aromatic heterocycles. The van der Waals surface area contributed by atoms with Gasteiger partial charge in [-0.2, -0.15) is 0 Å². The third-order valence-electron chi connectivity index (χ3n) is 3.29. The molecule has 1 heterocycles. The largest absolute Gasteiger partial charge is 0.336 e. The van der Waals surface area contributed by atoms with Gasteiger partial charge in [0.1, 0.15) is 10.7 Å². The number of para-hydroxylation sites is 1. The van der Waals surface area contributed by atoms with Crippen LogP contribution in [0, 0.1) is 5.82 Å². The van der Waals surface area contributed by atoms with Crippen molar-refractivity contribution < 1.29 is 17.6 Å². The summed E-state index contributed by atoms with van der Waals surface area (Å²) < 4.78 is 39.5. The second-order valence-corrected chi connectivity index (χ2v) is 6.88. The summed E-state index contributed by atoms with van der Waals surface area (Å²) in [5.41, 5.74) is 0.144. The van der Waals surface area contributed by atoms with Gasteiger partial charge >= 0.3 is 6.03 Å².